The average Bonchev–Trinajstić information content (AvgIpc) is 3.11. The number of piperidine rings is 1. The molecule has 28 heavy (non-hydrogen) atoms. The second-order valence-electron chi connectivity index (χ2n) is 9.24. The lowest BCUT2D eigenvalue weighted by Gasteiger charge is -2.30. The number of hydrogen-bond acceptors (Lipinski definition) is 5. The molecule has 0 spiro atoms. The van der Waals surface area contributed by atoms with Gasteiger partial charge in [-0.2, -0.15) is 0 Å². The monoisotopic (exact) mass is 413 g/mol. The second-order valence-corrected chi connectivity index (χ2v) is 11.1. The first-order valence-electron chi connectivity index (χ1n) is 10.6. The predicted octanol–water partition coefficient (Wildman–Crippen LogP) is 1.54. The summed E-state index contributed by atoms with van der Waals surface area (Å²) in [5.74, 6) is 0.0116. The zero-order chi connectivity index (χ0) is 20.6. The summed E-state index contributed by atoms with van der Waals surface area (Å²) in [6.07, 6.45) is 6.48. The molecular formula is C20H35N3O4S. The van der Waals surface area contributed by atoms with E-state index in [-0.39, 0.29) is 23.8 Å². The number of hydrogen-bond donors (Lipinski definition) is 0. The summed E-state index contributed by atoms with van der Waals surface area (Å²) in [7, 11) is -1.47. The molecule has 2 amide bonds. The molecule has 0 aliphatic carbocycles. The molecule has 3 rings (SSSR count). The minimum Gasteiger partial charge on any atom is -0.337 e. The van der Waals surface area contributed by atoms with E-state index in [4.69, 9.17) is 0 Å². The van der Waals surface area contributed by atoms with E-state index in [9.17, 15) is 18.0 Å². The third kappa shape index (κ3) is 4.22. The number of carbonyl (C=O) groups is 2. The third-order valence-electron chi connectivity index (χ3n) is 6.83. The van der Waals surface area contributed by atoms with Gasteiger partial charge >= 0.3 is 0 Å². The van der Waals surface area contributed by atoms with Crippen molar-refractivity contribution in [2.45, 2.75) is 64.5 Å². The van der Waals surface area contributed by atoms with E-state index < -0.39 is 22.0 Å². The lowest BCUT2D eigenvalue weighted by Crippen LogP contribution is -2.44. The normalized spacial score (nSPS) is 29.8. The Balaban J connectivity index is 1.63. The Hall–Kier alpha value is -1.15. The SMILES string of the molecule is CC(C)[C@H]1C(=O)N(S(C)(=O)=O)[C@H]2CCN(C(=O)CCCC3CCN(C)CC3)[C@H]12. The minimum atomic E-state index is -3.62. The highest BCUT2D eigenvalue weighted by atomic mass is 32.2. The maximum absolute atomic E-state index is 13.0. The number of amides is 2. The molecule has 3 aliphatic heterocycles. The van der Waals surface area contributed by atoms with Crippen LogP contribution in [0.5, 0.6) is 0 Å². The van der Waals surface area contributed by atoms with E-state index in [1.54, 1.807) is 0 Å². The lowest BCUT2D eigenvalue weighted by atomic mass is 9.88. The van der Waals surface area contributed by atoms with E-state index >= 15 is 0 Å². The first-order chi connectivity index (χ1) is 13.1. The lowest BCUT2D eigenvalue weighted by molar-refractivity contribution is -0.134. The molecule has 0 aromatic heterocycles. The van der Waals surface area contributed by atoms with Crippen LogP contribution in [0.2, 0.25) is 0 Å². The molecule has 3 aliphatic rings. The van der Waals surface area contributed by atoms with Crippen molar-refractivity contribution < 1.29 is 18.0 Å². The van der Waals surface area contributed by atoms with Crippen molar-refractivity contribution in [2.75, 3.05) is 32.9 Å². The maximum Gasteiger partial charge on any atom is 0.241 e. The van der Waals surface area contributed by atoms with Gasteiger partial charge in [0.1, 0.15) is 0 Å². The number of carbonyl (C=O) groups excluding carboxylic acids is 2. The highest BCUT2D eigenvalue weighted by Crippen LogP contribution is 2.41. The topological polar surface area (TPSA) is 78.0 Å². The third-order valence-corrected chi connectivity index (χ3v) is 7.99. The van der Waals surface area contributed by atoms with Crippen molar-refractivity contribution in [1.29, 1.82) is 0 Å². The summed E-state index contributed by atoms with van der Waals surface area (Å²) in [6.45, 7) is 6.69. The number of sulfonamides is 1. The van der Waals surface area contributed by atoms with Crippen LogP contribution in [0.25, 0.3) is 0 Å². The van der Waals surface area contributed by atoms with Gasteiger partial charge in [0.2, 0.25) is 21.8 Å². The van der Waals surface area contributed by atoms with Gasteiger partial charge < -0.3 is 9.80 Å². The number of likely N-dealkylation sites (tertiary alicyclic amines) is 2. The second kappa shape index (κ2) is 8.30. The summed E-state index contributed by atoms with van der Waals surface area (Å²) in [5, 5.41) is 0. The van der Waals surface area contributed by atoms with Crippen LogP contribution in [0.3, 0.4) is 0 Å². The van der Waals surface area contributed by atoms with Crippen LogP contribution in [0, 0.1) is 17.8 Å². The van der Waals surface area contributed by atoms with E-state index in [0.717, 1.165) is 36.5 Å². The van der Waals surface area contributed by atoms with Crippen LogP contribution in [0.4, 0.5) is 0 Å². The number of rotatable bonds is 6. The molecule has 0 radical (unpaired) electrons. The van der Waals surface area contributed by atoms with Gasteiger partial charge in [0, 0.05) is 13.0 Å². The summed E-state index contributed by atoms with van der Waals surface area (Å²) < 4.78 is 25.5. The van der Waals surface area contributed by atoms with Crippen LogP contribution < -0.4 is 0 Å². The summed E-state index contributed by atoms with van der Waals surface area (Å²) >= 11 is 0. The first kappa shape index (κ1) is 21.6. The van der Waals surface area contributed by atoms with E-state index in [1.807, 2.05) is 18.7 Å². The molecule has 0 bridgehead atoms. The quantitative estimate of drug-likeness (QED) is 0.660. The molecule has 0 N–H and O–H groups in total. The Labute approximate surface area is 169 Å². The molecule has 8 heteroatoms. The van der Waals surface area contributed by atoms with Crippen molar-refractivity contribution in [1.82, 2.24) is 14.1 Å². The van der Waals surface area contributed by atoms with Gasteiger partial charge in [0.15, 0.2) is 0 Å². The Morgan fingerprint density at radius 1 is 1.14 bits per heavy atom. The van der Waals surface area contributed by atoms with Crippen molar-refractivity contribution in [3.05, 3.63) is 0 Å². The predicted molar refractivity (Wildman–Crippen MR) is 108 cm³/mol. The standard InChI is InChI=1S/C20H35N3O4S/c1-14(2)18-19-16(23(20(18)25)28(4,26)27)10-13-22(19)17(24)7-5-6-15-8-11-21(3)12-9-15/h14-16,18-19H,5-13H2,1-4H3/t16-,18+,19-/m0/s1. The van der Waals surface area contributed by atoms with Gasteiger partial charge in [-0.15, -0.1) is 0 Å². The number of fused-ring (bicyclic) bond motifs is 1. The van der Waals surface area contributed by atoms with Crippen molar-refractivity contribution in [3.63, 3.8) is 0 Å². The molecule has 3 fully saturated rings. The molecule has 0 aromatic rings. The van der Waals surface area contributed by atoms with Crippen LogP contribution in [-0.2, 0) is 19.6 Å². The fourth-order valence-electron chi connectivity index (χ4n) is 5.36. The van der Waals surface area contributed by atoms with Gasteiger partial charge in [0.25, 0.3) is 0 Å². The van der Waals surface area contributed by atoms with Crippen LogP contribution in [-0.4, -0.2) is 79.4 Å². The molecule has 0 unspecified atom stereocenters. The fraction of sp³-hybridized carbons (Fsp3) is 0.900. The zero-order valence-electron chi connectivity index (χ0n) is 17.6. The Bertz CT molecular complexity index is 700. The van der Waals surface area contributed by atoms with E-state index in [1.165, 1.54) is 12.8 Å². The van der Waals surface area contributed by atoms with Crippen LogP contribution in [0.15, 0.2) is 0 Å². The van der Waals surface area contributed by atoms with Crippen molar-refractivity contribution in [2.24, 2.45) is 17.8 Å². The highest BCUT2D eigenvalue weighted by molar-refractivity contribution is 7.88. The van der Waals surface area contributed by atoms with Crippen molar-refractivity contribution >= 4 is 21.8 Å². The van der Waals surface area contributed by atoms with Gasteiger partial charge in [-0.25, -0.2) is 12.7 Å². The van der Waals surface area contributed by atoms with Crippen molar-refractivity contribution in [3.8, 4) is 0 Å². The van der Waals surface area contributed by atoms with Crippen LogP contribution in [0.1, 0.15) is 52.4 Å². The highest BCUT2D eigenvalue weighted by Gasteiger charge is 2.58. The Morgan fingerprint density at radius 3 is 2.36 bits per heavy atom. The first-order valence-corrected chi connectivity index (χ1v) is 12.5. The maximum atomic E-state index is 13.0. The van der Waals surface area contributed by atoms with E-state index in [2.05, 4.69) is 11.9 Å². The van der Waals surface area contributed by atoms with E-state index in [0.29, 0.717) is 25.3 Å². The van der Waals surface area contributed by atoms with Gasteiger partial charge in [-0.05, 0) is 64.1 Å². The Morgan fingerprint density at radius 2 is 1.79 bits per heavy atom. The van der Waals surface area contributed by atoms with Gasteiger partial charge in [-0.1, -0.05) is 13.8 Å². The largest absolute Gasteiger partial charge is 0.337 e. The zero-order valence-corrected chi connectivity index (χ0v) is 18.5. The molecule has 3 saturated heterocycles. The molecule has 3 heterocycles. The molecule has 3 atom stereocenters. The summed E-state index contributed by atoms with van der Waals surface area (Å²) in [5.41, 5.74) is 0. The minimum absolute atomic E-state index is 0.000575. The molecule has 0 aromatic carbocycles. The summed E-state index contributed by atoms with van der Waals surface area (Å²) in [6, 6.07) is -0.703. The number of nitrogens with zero attached hydrogens (tertiary/aromatic N) is 3. The molecule has 160 valence electrons. The molecule has 0 saturated carbocycles. The average molecular weight is 414 g/mol. The molecular weight excluding hydrogens is 378 g/mol. The fourth-order valence-corrected chi connectivity index (χ4v) is 6.53. The summed E-state index contributed by atoms with van der Waals surface area (Å²) in [4.78, 5) is 29.9. The smallest absolute Gasteiger partial charge is 0.241 e. The molecule has 7 nitrogen and oxygen atoms in total. The van der Waals surface area contributed by atoms with Gasteiger partial charge in [-0.3, -0.25) is 9.59 Å². The van der Waals surface area contributed by atoms with Gasteiger partial charge in [0.05, 0.1) is 24.3 Å². The van der Waals surface area contributed by atoms with Crippen LogP contribution >= 0.6 is 0 Å². The Kier molecular flexibility index (Phi) is 6.39.